The number of nitrogens with zero attached hydrogens (tertiary/aromatic N) is 3. The fraction of sp³-hybridized carbons (Fsp3) is 0.161. The van der Waals surface area contributed by atoms with Crippen LogP contribution in [-0.2, 0) is 0 Å². The molecule has 3 aromatic heterocycles. The van der Waals surface area contributed by atoms with E-state index in [0.717, 1.165) is 6.07 Å². The van der Waals surface area contributed by atoms with Gasteiger partial charge in [-0.3, -0.25) is 14.6 Å². The average Bonchev–Trinajstić information content (AvgIpc) is 2.97. The molecule has 0 aliphatic heterocycles. The summed E-state index contributed by atoms with van der Waals surface area (Å²) in [4.78, 5) is 35.5. The first kappa shape index (κ1) is 28.2. The number of methoxy groups -OCH3 is 2. The van der Waals surface area contributed by atoms with E-state index in [1.807, 2.05) is 13.8 Å². The van der Waals surface area contributed by atoms with Gasteiger partial charge in [-0.1, -0.05) is 0 Å². The number of benzene rings is 2. The van der Waals surface area contributed by atoms with Crippen LogP contribution in [0.25, 0.3) is 22.0 Å². The van der Waals surface area contributed by atoms with Gasteiger partial charge < -0.3 is 24.1 Å². The van der Waals surface area contributed by atoms with Gasteiger partial charge in [0.15, 0.2) is 23.1 Å². The number of aromatic nitrogens is 3. The number of nitrogens with one attached hydrogen (secondary N) is 1. The summed E-state index contributed by atoms with van der Waals surface area (Å²) in [6, 6.07) is 11.0. The zero-order valence-corrected chi connectivity index (χ0v) is 23.1. The van der Waals surface area contributed by atoms with Gasteiger partial charge in [-0.25, -0.2) is 13.8 Å². The van der Waals surface area contributed by atoms with Crippen molar-refractivity contribution in [2.45, 2.75) is 19.9 Å². The Morgan fingerprint density at radius 2 is 1.64 bits per heavy atom. The van der Waals surface area contributed by atoms with Crippen LogP contribution in [-0.4, -0.2) is 34.7 Å². The van der Waals surface area contributed by atoms with E-state index in [-0.39, 0.29) is 34.3 Å². The summed E-state index contributed by atoms with van der Waals surface area (Å²) in [6.45, 7) is 3.68. The Morgan fingerprint density at radius 1 is 0.881 bits per heavy atom. The van der Waals surface area contributed by atoms with Crippen molar-refractivity contribution >= 4 is 22.6 Å². The minimum atomic E-state index is -0.917. The Labute approximate surface area is 239 Å². The molecule has 5 aromatic rings. The van der Waals surface area contributed by atoms with Crippen LogP contribution in [0.4, 0.5) is 14.6 Å². The quantitative estimate of drug-likeness (QED) is 0.230. The van der Waals surface area contributed by atoms with Gasteiger partial charge in [0.1, 0.15) is 22.9 Å². The van der Waals surface area contributed by atoms with Gasteiger partial charge in [0, 0.05) is 59.5 Å². The molecule has 0 bridgehead atoms. The van der Waals surface area contributed by atoms with Crippen molar-refractivity contribution in [3.63, 3.8) is 0 Å². The molecular formula is C31H26F2N4O5. The van der Waals surface area contributed by atoms with Gasteiger partial charge in [-0.05, 0) is 50.2 Å². The number of hydrogen-bond donors (Lipinski definition) is 1. The number of fused-ring (bicyclic) bond motifs is 1. The lowest BCUT2D eigenvalue weighted by Gasteiger charge is -2.16. The Bertz CT molecular complexity index is 1870. The van der Waals surface area contributed by atoms with E-state index < -0.39 is 23.0 Å². The monoisotopic (exact) mass is 572 g/mol. The highest BCUT2D eigenvalue weighted by Gasteiger charge is 2.21. The molecule has 0 saturated carbocycles. The molecule has 11 heteroatoms. The summed E-state index contributed by atoms with van der Waals surface area (Å²) < 4.78 is 46.8. The van der Waals surface area contributed by atoms with E-state index in [1.54, 1.807) is 41.1 Å². The molecule has 3 heterocycles. The molecular weight excluding hydrogens is 546 g/mol. The van der Waals surface area contributed by atoms with Gasteiger partial charge >= 0.3 is 0 Å². The number of halogens is 2. The van der Waals surface area contributed by atoms with Crippen molar-refractivity contribution in [1.82, 2.24) is 14.5 Å². The smallest absolute Gasteiger partial charge is 0.262 e. The number of carbonyl (C=O) groups excluding carboxylic acids is 1. The van der Waals surface area contributed by atoms with Gasteiger partial charge in [0.05, 0.1) is 19.7 Å². The van der Waals surface area contributed by atoms with E-state index in [2.05, 4.69) is 15.3 Å². The lowest BCUT2D eigenvalue weighted by Crippen LogP contribution is -2.25. The van der Waals surface area contributed by atoms with Crippen LogP contribution in [0, 0.1) is 11.6 Å². The van der Waals surface area contributed by atoms with Crippen molar-refractivity contribution in [1.29, 1.82) is 0 Å². The summed E-state index contributed by atoms with van der Waals surface area (Å²) in [5.74, 6) is -0.871. The maximum Gasteiger partial charge on any atom is 0.262 e. The molecule has 0 radical (unpaired) electrons. The molecule has 0 fully saturated rings. The Morgan fingerprint density at radius 3 is 2.36 bits per heavy atom. The molecule has 9 nitrogen and oxygen atoms in total. The Balaban J connectivity index is 1.52. The molecule has 0 aliphatic rings. The second-order valence-corrected chi connectivity index (χ2v) is 9.52. The summed E-state index contributed by atoms with van der Waals surface area (Å²) in [7, 11) is 3.04. The van der Waals surface area contributed by atoms with Crippen LogP contribution in [0.5, 0.6) is 23.0 Å². The lowest BCUT2D eigenvalue weighted by molar-refractivity contribution is 0.102. The number of rotatable bonds is 8. The van der Waals surface area contributed by atoms with Crippen molar-refractivity contribution < 1.29 is 27.8 Å². The molecule has 0 aliphatic carbocycles. The topological polar surface area (TPSA) is 105 Å². The van der Waals surface area contributed by atoms with Gasteiger partial charge in [0.2, 0.25) is 5.43 Å². The lowest BCUT2D eigenvalue weighted by atomic mass is 10.0. The highest BCUT2D eigenvalue weighted by Crippen LogP contribution is 2.38. The molecule has 1 N–H and O–H groups in total. The third-order valence-electron chi connectivity index (χ3n) is 6.54. The zero-order valence-electron chi connectivity index (χ0n) is 23.1. The number of ether oxygens (including phenoxy) is 3. The van der Waals surface area contributed by atoms with Gasteiger partial charge in [-0.15, -0.1) is 0 Å². The standard InChI is InChI=1S/C31H26F2N4O5/c1-17(2)37-15-21(19-8-7-18(32)12-23(19)33)29(38)22(16-37)31(39)36-30-26(6-5-10-35-30)42-25-9-11-34-24-14-28(41-4)27(40-3)13-20(24)25/h5-17H,1-4H3,(H,35,36,39). The highest BCUT2D eigenvalue weighted by atomic mass is 19.1. The molecule has 214 valence electrons. The van der Waals surface area contributed by atoms with Crippen LogP contribution >= 0.6 is 0 Å². The van der Waals surface area contributed by atoms with Crippen LogP contribution in [0.15, 0.2) is 78.1 Å². The number of carbonyl (C=O) groups is 1. The molecule has 0 atom stereocenters. The number of pyridine rings is 3. The average molecular weight is 573 g/mol. The molecule has 2 aromatic carbocycles. The molecule has 0 spiro atoms. The second-order valence-electron chi connectivity index (χ2n) is 9.52. The molecule has 0 saturated heterocycles. The van der Waals surface area contributed by atoms with Crippen LogP contribution < -0.4 is 25.0 Å². The molecule has 5 rings (SSSR count). The summed E-state index contributed by atoms with van der Waals surface area (Å²) >= 11 is 0. The predicted molar refractivity (Wildman–Crippen MR) is 154 cm³/mol. The van der Waals surface area contributed by atoms with Crippen molar-refractivity contribution in [3.8, 4) is 34.1 Å². The fourth-order valence-electron chi connectivity index (χ4n) is 4.35. The zero-order chi connectivity index (χ0) is 30.0. The van der Waals surface area contributed by atoms with Gasteiger partial charge in [-0.2, -0.15) is 0 Å². The maximum absolute atomic E-state index is 14.7. The fourth-order valence-corrected chi connectivity index (χ4v) is 4.35. The van der Waals surface area contributed by atoms with E-state index in [9.17, 15) is 18.4 Å². The summed E-state index contributed by atoms with van der Waals surface area (Å²) in [6.07, 6.45) is 5.84. The maximum atomic E-state index is 14.7. The first-order valence-electron chi connectivity index (χ1n) is 12.9. The largest absolute Gasteiger partial charge is 0.493 e. The SMILES string of the molecule is COc1cc2nccc(Oc3cccnc3NC(=O)c3cn(C(C)C)cc(-c4ccc(F)cc4F)c3=O)c2cc1OC. The third kappa shape index (κ3) is 5.49. The van der Waals surface area contributed by atoms with E-state index >= 15 is 0 Å². The summed E-state index contributed by atoms with van der Waals surface area (Å²) in [5.41, 5.74) is -0.608. The minimum absolute atomic E-state index is 0.0433. The summed E-state index contributed by atoms with van der Waals surface area (Å²) in [5, 5.41) is 3.26. The highest BCUT2D eigenvalue weighted by molar-refractivity contribution is 6.05. The van der Waals surface area contributed by atoms with E-state index in [4.69, 9.17) is 14.2 Å². The minimum Gasteiger partial charge on any atom is -0.493 e. The second kappa shape index (κ2) is 11.7. The molecule has 0 unspecified atom stereocenters. The van der Waals surface area contributed by atoms with Crippen molar-refractivity contribution in [3.05, 3.63) is 101 Å². The number of anilines is 1. The number of hydrogen-bond acceptors (Lipinski definition) is 7. The van der Waals surface area contributed by atoms with E-state index in [0.29, 0.717) is 34.2 Å². The molecule has 42 heavy (non-hydrogen) atoms. The Hall–Kier alpha value is -5.32. The molecule has 1 amide bonds. The normalized spacial score (nSPS) is 11.0. The van der Waals surface area contributed by atoms with Crippen LogP contribution in [0.1, 0.15) is 30.2 Å². The Kier molecular flexibility index (Phi) is 7.83. The van der Waals surface area contributed by atoms with Gasteiger partial charge in [0.25, 0.3) is 5.91 Å². The number of amides is 1. The van der Waals surface area contributed by atoms with Crippen LogP contribution in [0.2, 0.25) is 0 Å². The van der Waals surface area contributed by atoms with E-state index in [1.165, 1.54) is 38.9 Å². The van der Waals surface area contributed by atoms with Crippen molar-refractivity contribution in [2.24, 2.45) is 0 Å². The van der Waals surface area contributed by atoms with Crippen molar-refractivity contribution in [2.75, 3.05) is 19.5 Å². The third-order valence-corrected chi connectivity index (χ3v) is 6.54. The predicted octanol–water partition coefficient (Wildman–Crippen LogP) is 6.38. The first-order chi connectivity index (χ1) is 20.2. The van der Waals surface area contributed by atoms with Crippen LogP contribution in [0.3, 0.4) is 0 Å². The first-order valence-corrected chi connectivity index (χ1v) is 12.9.